The quantitative estimate of drug-likeness (QED) is 0.903. The minimum Gasteiger partial charge on any atom is -0.357 e. The summed E-state index contributed by atoms with van der Waals surface area (Å²) in [6.07, 6.45) is 0. The van der Waals surface area contributed by atoms with E-state index in [4.69, 9.17) is 11.6 Å². The van der Waals surface area contributed by atoms with Gasteiger partial charge in [-0.05, 0) is 39.0 Å². The standard InChI is InChI=1S/C15H19ClN4/c1-4-20(5-2)14-9-11(3)17-15(19-14)18-13-8-6-7-12(16)10-13/h6-10H,4-5H2,1-3H3,(H,17,18,19). The maximum Gasteiger partial charge on any atom is 0.229 e. The molecular weight excluding hydrogens is 272 g/mol. The van der Waals surface area contributed by atoms with E-state index < -0.39 is 0 Å². The minimum absolute atomic E-state index is 0.592. The Morgan fingerprint density at radius 1 is 1.15 bits per heavy atom. The number of aromatic nitrogens is 2. The zero-order valence-electron chi connectivity index (χ0n) is 12.0. The first-order chi connectivity index (χ1) is 9.62. The van der Waals surface area contributed by atoms with Crippen LogP contribution in [0.1, 0.15) is 19.5 Å². The molecule has 0 bridgehead atoms. The highest BCUT2D eigenvalue weighted by Gasteiger charge is 2.07. The Morgan fingerprint density at radius 2 is 1.90 bits per heavy atom. The summed E-state index contributed by atoms with van der Waals surface area (Å²) in [5.41, 5.74) is 1.82. The molecule has 5 heteroatoms. The molecule has 106 valence electrons. The smallest absolute Gasteiger partial charge is 0.229 e. The number of nitrogens with one attached hydrogen (secondary N) is 1. The van der Waals surface area contributed by atoms with Gasteiger partial charge in [-0.15, -0.1) is 0 Å². The molecule has 0 amide bonds. The molecule has 0 aliphatic rings. The van der Waals surface area contributed by atoms with Gasteiger partial charge in [0.1, 0.15) is 5.82 Å². The fraction of sp³-hybridized carbons (Fsp3) is 0.333. The Hall–Kier alpha value is -1.81. The van der Waals surface area contributed by atoms with Crippen LogP contribution >= 0.6 is 11.6 Å². The Labute approximate surface area is 124 Å². The second-order valence-electron chi connectivity index (χ2n) is 4.50. The molecule has 1 N–H and O–H groups in total. The van der Waals surface area contributed by atoms with E-state index >= 15 is 0 Å². The Balaban J connectivity index is 2.28. The van der Waals surface area contributed by atoms with E-state index in [0.29, 0.717) is 11.0 Å². The Bertz CT molecular complexity index is 582. The number of halogens is 1. The van der Waals surface area contributed by atoms with Crippen LogP contribution in [0, 0.1) is 6.92 Å². The van der Waals surface area contributed by atoms with Crippen LogP contribution in [0.25, 0.3) is 0 Å². The summed E-state index contributed by atoms with van der Waals surface area (Å²) in [7, 11) is 0. The summed E-state index contributed by atoms with van der Waals surface area (Å²) in [6.45, 7) is 8.04. The van der Waals surface area contributed by atoms with Crippen LogP contribution in [-0.2, 0) is 0 Å². The first kappa shape index (κ1) is 14.6. The lowest BCUT2D eigenvalue weighted by molar-refractivity contribution is 0.840. The Kier molecular flexibility index (Phi) is 4.79. The van der Waals surface area contributed by atoms with Crippen LogP contribution in [0.2, 0.25) is 5.02 Å². The molecule has 0 spiro atoms. The van der Waals surface area contributed by atoms with Crippen molar-refractivity contribution in [1.29, 1.82) is 0 Å². The van der Waals surface area contributed by atoms with Crippen molar-refractivity contribution in [3.05, 3.63) is 41.0 Å². The molecule has 0 radical (unpaired) electrons. The van der Waals surface area contributed by atoms with Gasteiger partial charge in [0.05, 0.1) is 0 Å². The number of nitrogens with zero attached hydrogens (tertiary/aromatic N) is 3. The molecule has 4 nitrogen and oxygen atoms in total. The normalized spacial score (nSPS) is 10.4. The largest absolute Gasteiger partial charge is 0.357 e. The molecule has 2 aromatic rings. The molecule has 1 aromatic heterocycles. The van der Waals surface area contributed by atoms with E-state index in [0.717, 1.165) is 30.3 Å². The van der Waals surface area contributed by atoms with Gasteiger partial charge in [-0.2, -0.15) is 4.98 Å². The molecular formula is C15H19ClN4. The molecule has 0 saturated heterocycles. The number of anilines is 3. The molecule has 2 rings (SSSR count). The fourth-order valence-corrected chi connectivity index (χ4v) is 2.20. The molecule has 0 aliphatic heterocycles. The molecule has 0 saturated carbocycles. The van der Waals surface area contributed by atoms with Crippen molar-refractivity contribution in [2.24, 2.45) is 0 Å². The third-order valence-corrected chi connectivity index (χ3v) is 3.24. The maximum absolute atomic E-state index is 5.98. The number of hydrogen-bond acceptors (Lipinski definition) is 4. The highest BCUT2D eigenvalue weighted by molar-refractivity contribution is 6.30. The number of rotatable bonds is 5. The fourth-order valence-electron chi connectivity index (χ4n) is 2.01. The summed E-state index contributed by atoms with van der Waals surface area (Å²) in [5, 5.41) is 3.88. The summed E-state index contributed by atoms with van der Waals surface area (Å²) in [4.78, 5) is 11.2. The second kappa shape index (κ2) is 6.57. The highest BCUT2D eigenvalue weighted by Crippen LogP contribution is 2.20. The van der Waals surface area contributed by atoms with Crippen LogP contribution in [0.5, 0.6) is 0 Å². The van der Waals surface area contributed by atoms with Crippen molar-refractivity contribution in [3.8, 4) is 0 Å². The zero-order chi connectivity index (χ0) is 14.5. The van der Waals surface area contributed by atoms with Crippen molar-refractivity contribution in [1.82, 2.24) is 9.97 Å². The molecule has 1 aromatic carbocycles. The second-order valence-corrected chi connectivity index (χ2v) is 4.94. The molecule has 20 heavy (non-hydrogen) atoms. The van der Waals surface area contributed by atoms with Crippen molar-refractivity contribution in [3.63, 3.8) is 0 Å². The number of aryl methyl sites for hydroxylation is 1. The van der Waals surface area contributed by atoms with Crippen LogP contribution in [0.3, 0.4) is 0 Å². The van der Waals surface area contributed by atoms with Crippen LogP contribution in [-0.4, -0.2) is 23.1 Å². The van der Waals surface area contributed by atoms with Gasteiger partial charge in [0.15, 0.2) is 0 Å². The zero-order valence-corrected chi connectivity index (χ0v) is 12.8. The van der Waals surface area contributed by atoms with Crippen molar-refractivity contribution < 1.29 is 0 Å². The van der Waals surface area contributed by atoms with Gasteiger partial charge < -0.3 is 10.2 Å². The minimum atomic E-state index is 0.592. The van der Waals surface area contributed by atoms with Crippen LogP contribution < -0.4 is 10.2 Å². The lowest BCUT2D eigenvalue weighted by atomic mass is 10.3. The molecule has 1 heterocycles. The van der Waals surface area contributed by atoms with Crippen molar-refractivity contribution >= 4 is 29.1 Å². The first-order valence-electron chi connectivity index (χ1n) is 6.75. The van der Waals surface area contributed by atoms with Crippen LogP contribution in [0.4, 0.5) is 17.5 Å². The van der Waals surface area contributed by atoms with Gasteiger partial charge in [0.2, 0.25) is 5.95 Å². The lowest BCUT2D eigenvalue weighted by Crippen LogP contribution is -2.23. The monoisotopic (exact) mass is 290 g/mol. The number of hydrogen-bond donors (Lipinski definition) is 1. The molecule has 0 fully saturated rings. The van der Waals surface area contributed by atoms with Gasteiger partial charge in [-0.3, -0.25) is 0 Å². The van der Waals surface area contributed by atoms with E-state index in [-0.39, 0.29) is 0 Å². The summed E-state index contributed by atoms with van der Waals surface area (Å²) in [5.74, 6) is 1.53. The number of benzene rings is 1. The third-order valence-electron chi connectivity index (χ3n) is 3.01. The van der Waals surface area contributed by atoms with Gasteiger partial charge in [0, 0.05) is 35.6 Å². The maximum atomic E-state index is 5.98. The van der Waals surface area contributed by atoms with Crippen molar-refractivity contribution in [2.75, 3.05) is 23.3 Å². The summed E-state index contributed by atoms with van der Waals surface area (Å²) >= 11 is 5.98. The molecule has 0 atom stereocenters. The van der Waals surface area contributed by atoms with Gasteiger partial charge >= 0.3 is 0 Å². The average Bonchev–Trinajstić information content (AvgIpc) is 2.39. The van der Waals surface area contributed by atoms with Crippen LogP contribution in [0.15, 0.2) is 30.3 Å². The van der Waals surface area contributed by atoms with Gasteiger partial charge in [0.25, 0.3) is 0 Å². The lowest BCUT2D eigenvalue weighted by Gasteiger charge is -2.20. The first-order valence-corrected chi connectivity index (χ1v) is 7.13. The molecule has 0 unspecified atom stereocenters. The average molecular weight is 291 g/mol. The van der Waals surface area contributed by atoms with E-state index in [9.17, 15) is 0 Å². The SMILES string of the molecule is CCN(CC)c1cc(C)nc(Nc2cccc(Cl)c2)n1. The third kappa shape index (κ3) is 3.61. The predicted octanol–water partition coefficient (Wildman–Crippen LogP) is 4.03. The summed E-state index contributed by atoms with van der Waals surface area (Å²) in [6, 6.07) is 9.52. The molecule has 0 aliphatic carbocycles. The van der Waals surface area contributed by atoms with E-state index in [2.05, 4.69) is 34.0 Å². The predicted molar refractivity (Wildman–Crippen MR) is 85.1 cm³/mol. The van der Waals surface area contributed by atoms with Gasteiger partial charge in [-0.25, -0.2) is 4.98 Å². The topological polar surface area (TPSA) is 41.1 Å². The Morgan fingerprint density at radius 3 is 2.55 bits per heavy atom. The van der Waals surface area contributed by atoms with Crippen molar-refractivity contribution in [2.45, 2.75) is 20.8 Å². The van der Waals surface area contributed by atoms with Gasteiger partial charge in [-0.1, -0.05) is 17.7 Å². The highest BCUT2D eigenvalue weighted by atomic mass is 35.5. The van der Waals surface area contributed by atoms with E-state index in [1.165, 1.54) is 0 Å². The summed E-state index contributed by atoms with van der Waals surface area (Å²) < 4.78 is 0. The van der Waals surface area contributed by atoms with E-state index in [1.807, 2.05) is 37.3 Å². The van der Waals surface area contributed by atoms with E-state index in [1.54, 1.807) is 0 Å².